The number of hydrogen-bond donors (Lipinski definition) is 0. The summed E-state index contributed by atoms with van der Waals surface area (Å²) in [7, 11) is 0. The molecular formula is C18H17NO2S. The first-order chi connectivity index (χ1) is 10.7. The summed E-state index contributed by atoms with van der Waals surface area (Å²) in [4.78, 5) is 11.3. The first-order valence-corrected chi connectivity index (χ1v) is 8.22. The van der Waals surface area contributed by atoms with E-state index in [1.807, 2.05) is 48.5 Å². The van der Waals surface area contributed by atoms with Gasteiger partial charge in [-0.25, -0.2) is 0 Å². The molecule has 2 aromatic carbocycles. The van der Waals surface area contributed by atoms with Crippen LogP contribution in [0.15, 0.2) is 48.5 Å². The molecule has 0 atom stereocenters. The van der Waals surface area contributed by atoms with Crippen molar-refractivity contribution >= 4 is 17.7 Å². The number of benzene rings is 2. The smallest absolute Gasteiger partial charge is 0.315 e. The van der Waals surface area contributed by atoms with Crippen molar-refractivity contribution in [3.63, 3.8) is 0 Å². The summed E-state index contributed by atoms with van der Waals surface area (Å²) < 4.78 is 4.89. The van der Waals surface area contributed by atoms with E-state index in [4.69, 9.17) is 10.00 Å². The third-order valence-corrected chi connectivity index (χ3v) is 4.08. The second-order valence-electron chi connectivity index (χ2n) is 4.65. The number of thioether (sulfide) groups is 1. The quantitative estimate of drug-likeness (QED) is 0.756. The number of carbonyl (C=O) groups excluding carboxylic acids is 1. The number of esters is 1. The molecule has 0 saturated heterocycles. The van der Waals surface area contributed by atoms with Gasteiger partial charge in [0.1, 0.15) is 0 Å². The van der Waals surface area contributed by atoms with Gasteiger partial charge in [0.15, 0.2) is 0 Å². The van der Waals surface area contributed by atoms with Gasteiger partial charge in [-0.2, -0.15) is 5.26 Å². The van der Waals surface area contributed by atoms with E-state index in [-0.39, 0.29) is 5.97 Å². The number of nitriles is 1. The predicted molar refractivity (Wildman–Crippen MR) is 89.4 cm³/mol. The monoisotopic (exact) mass is 311 g/mol. The maximum absolute atomic E-state index is 11.3. The van der Waals surface area contributed by atoms with E-state index in [1.54, 1.807) is 6.92 Å². The van der Waals surface area contributed by atoms with E-state index in [9.17, 15) is 4.79 Å². The van der Waals surface area contributed by atoms with Gasteiger partial charge in [-0.05, 0) is 29.7 Å². The SMILES string of the molecule is CCOC(=O)CSCc1ccc(-c2ccccc2C#N)cc1. The van der Waals surface area contributed by atoms with Crippen LogP contribution in [0.4, 0.5) is 0 Å². The number of carbonyl (C=O) groups is 1. The Kier molecular flexibility index (Phi) is 6.05. The molecule has 0 radical (unpaired) electrons. The second-order valence-corrected chi connectivity index (χ2v) is 5.64. The van der Waals surface area contributed by atoms with E-state index in [0.717, 1.165) is 22.4 Å². The van der Waals surface area contributed by atoms with Crippen LogP contribution in [0.25, 0.3) is 11.1 Å². The zero-order valence-corrected chi connectivity index (χ0v) is 13.2. The number of nitrogens with zero attached hydrogens (tertiary/aromatic N) is 1. The molecule has 0 heterocycles. The lowest BCUT2D eigenvalue weighted by atomic mass is 10.00. The number of rotatable bonds is 6. The van der Waals surface area contributed by atoms with Crippen LogP contribution in [0, 0.1) is 11.3 Å². The summed E-state index contributed by atoms with van der Waals surface area (Å²) in [6, 6.07) is 17.9. The highest BCUT2D eigenvalue weighted by molar-refractivity contribution is 7.99. The molecule has 0 unspecified atom stereocenters. The molecule has 0 amide bonds. The molecule has 0 aliphatic heterocycles. The van der Waals surface area contributed by atoms with Gasteiger partial charge in [0.2, 0.25) is 0 Å². The maximum Gasteiger partial charge on any atom is 0.315 e. The molecule has 0 aliphatic carbocycles. The Bertz CT molecular complexity index is 674. The molecule has 4 heteroatoms. The third kappa shape index (κ3) is 4.37. The lowest BCUT2D eigenvalue weighted by Crippen LogP contribution is -2.06. The van der Waals surface area contributed by atoms with E-state index < -0.39 is 0 Å². The lowest BCUT2D eigenvalue weighted by Gasteiger charge is -2.06. The van der Waals surface area contributed by atoms with Crippen molar-refractivity contribution in [3.05, 3.63) is 59.7 Å². The summed E-state index contributed by atoms with van der Waals surface area (Å²) in [5, 5.41) is 9.15. The summed E-state index contributed by atoms with van der Waals surface area (Å²) in [6.07, 6.45) is 0. The highest BCUT2D eigenvalue weighted by Gasteiger charge is 2.05. The minimum atomic E-state index is -0.174. The molecule has 0 N–H and O–H groups in total. The van der Waals surface area contributed by atoms with Crippen molar-refractivity contribution in [2.45, 2.75) is 12.7 Å². The van der Waals surface area contributed by atoms with Gasteiger partial charge < -0.3 is 4.74 Å². The minimum Gasteiger partial charge on any atom is -0.465 e. The molecule has 0 saturated carbocycles. The highest BCUT2D eigenvalue weighted by Crippen LogP contribution is 2.24. The Morgan fingerprint density at radius 2 is 1.91 bits per heavy atom. The number of hydrogen-bond acceptors (Lipinski definition) is 4. The fraction of sp³-hybridized carbons (Fsp3) is 0.222. The Hall–Kier alpha value is -2.25. The topological polar surface area (TPSA) is 50.1 Å². The predicted octanol–water partition coefficient (Wildman–Crippen LogP) is 4.02. The van der Waals surface area contributed by atoms with Crippen molar-refractivity contribution in [2.75, 3.05) is 12.4 Å². The molecule has 0 fully saturated rings. The van der Waals surface area contributed by atoms with Gasteiger partial charge >= 0.3 is 5.97 Å². The van der Waals surface area contributed by atoms with E-state index >= 15 is 0 Å². The Morgan fingerprint density at radius 1 is 1.18 bits per heavy atom. The Morgan fingerprint density at radius 3 is 2.59 bits per heavy atom. The molecule has 0 aromatic heterocycles. The van der Waals surface area contributed by atoms with Crippen LogP contribution in [0.1, 0.15) is 18.1 Å². The van der Waals surface area contributed by atoms with Gasteiger partial charge in [-0.3, -0.25) is 4.79 Å². The fourth-order valence-corrected chi connectivity index (χ4v) is 2.85. The maximum atomic E-state index is 11.3. The molecule has 112 valence electrons. The van der Waals surface area contributed by atoms with Gasteiger partial charge in [-0.1, -0.05) is 42.5 Å². The summed E-state index contributed by atoms with van der Waals surface area (Å²) in [5.41, 5.74) is 3.78. The molecule has 3 nitrogen and oxygen atoms in total. The van der Waals surface area contributed by atoms with E-state index in [0.29, 0.717) is 17.9 Å². The molecular weight excluding hydrogens is 294 g/mol. The highest BCUT2D eigenvalue weighted by atomic mass is 32.2. The molecule has 0 bridgehead atoms. The first-order valence-electron chi connectivity index (χ1n) is 7.06. The molecule has 22 heavy (non-hydrogen) atoms. The lowest BCUT2D eigenvalue weighted by molar-refractivity contribution is -0.139. The van der Waals surface area contributed by atoms with Crippen LogP contribution >= 0.6 is 11.8 Å². The first kappa shape index (κ1) is 16.1. The van der Waals surface area contributed by atoms with Crippen molar-refractivity contribution in [3.8, 4) is 17.2 Å². The van der Waals surface area contributed by atoms with Crippen LogP contribution in [0.2, 0.25) is 0 Å². The van der Waals surface area contributed by atoms with Crippen LogP contribution in [0.3, 0.4) is 0 Å². The average Bonchev–Trinajstić information content (AvgIpc) is 2.56. The van der Waals surface area contributed by atoms with Crippen LogP contribution < -0.4 is 0 Å². The molecule has 0 aliphatic rings. The average molecular weight is 311 g/mol. The van der Waals surface area contributed by atoms with E-state index in [1.165, 1.54) is 11.8 Å². The summed E-state index contributed by atoms with van der Waals surface area (Å²) in [5.74, 6) is 0.957. The van der Waals surface area contributed by atoms with Gasteiger partial charge in [0.05, 0.1) is 24.0 Å². The van der Waals surface area contributed by atoms with Crippen molar-refractivity contribution < 1.29 is 9.53 Å². The van der Waals surface area contributed by atoms with Crippen molar-refractivity contribution in [1.29, 1.82) is 5.26 Å². The second kappa shape index (κ2) is 8.26. The van der Waals surface area contributed by atoms with Gasteiger partial charge in [0, 0.05) is 5.75 Å². The van der Waals surface area contributed by atoms with Crippen molar-refractivity contribution in [1.82, 2.24) is 0 Å². The Balaban J connectivity index is 1.99. The molecule has 2 rings (SSSR count). The number of ether oxygens (including phenoxy) is 1. The largest absolute Gasteiger partial charge is 0.465 e. The van der Waals surface area contributed by atoms with Gasteiger partial charge in [-0.15, -0.1) is 11.8 Å². The molecule has 0 spiro atoms. The van der Waals surface area contributed by atoms with Crippen LogP contribution in [0.5, 0.6) is 0 Å². The summed E-state index contributed by atoms with van der Waals surface area (Å²) in [6.45, 7) is 2.23. The van der Waals surface area contributed by atoms with E-state index in [2.05, 4.69) is 6.07 Å². The molecule has 2 aromatic rings. The zero-order chi connectivity index (χ0) is 15.8. The minimum absolute atomic E-state index is 0.174. The summed E-state index contributed by atoms with van der Waals surface area (Å²) >= 11 is 1.54. The van der Waals surface area contributed by atoms with Crippen LogP contribution in [-0.4, -0.2) is 18.3 Å². The fourth-order valence-electron chi connectivity index (χ4n) is 2.07. The third-order valence-electron chi connectivity index (χ3n) is 3.11. The van der Waals surface area contributed by atoms with Crippen molar-refractivity contribution in [2.24, 2.45) is 0 Å². The van der Waals surface area contributed by atoms with Crippen LogP contribution in [-0.2, 0) is 15.3 Å². The van der Waals surface area contributed by atoms with Gasteiger partial charge in [0.25, 0.3) is 0 Å². The zero-order valence-electron chi connectivity index (χ0n) is 12.4. The standard InChI is InChI=1S/C18H17NO2S/c1-2-21-18(20)13-22-12-14-7-9-15(10-8-14)17-6-4-3-5-16(17)11-19/h3-10H,2,12-13H2,1H3. The Labute approximate surface area is 134 Å². The normalized spacial score (nSPS) is 10.0.